The zero-order chi connectivity index (χ0) is 9.52. The molecule has 0 aliphatic heterocycles. The molecule has 0 aliphatic carbocycles. The SMILES string of the molecule is C=CCC(N)CCc1cccnc1. The molecule has 70 valence electrons. The molecular weight excluding hydrogens is 160 g/mol. The van der Waals surface area contributed by atoms with Gasteiger partial charge in [-0.1, -0.05) is 12.1 Å². The van der Waals surface area contributed by atoms with Gasteiger partial charge in [0.05, 0.1) is 0 Å². The zero-order valence-corrected chi connectivity index (χ0v) is 7.82. The van der Waals surface area contributed by atoms with E-state index in [1.54, 1.807) is 6.20 Å². The van der Waals surface area contributed by atoms with E-state index < -0.39 is 0 Å². The summed E-state index contributed by atoms with van der Waals surface area (Å²) in [6, 6.07) is 4.26. The van der Waals surface area contributed by atoms with Crippen molar-refractivity contribution < 1.29 is 0 Å². The van der Waals surface area contributed by atoms with Gasteiger partial charge in [-0.15, -0.1) is 6.58 Å². The third kappa shape index (κ3) is 3.85. The average molecular weight is 176 g/mol. The van der Waals surface area contributed by atoms with E-state index >= 15 is 0 Å². The van der Waals surface area contributed by atoms with Crippen molar-refractivity contribution in [3.05, 3.63) is 42.7 Å². The normalized spacial score (nSPS) is 12.4. The highest BCUT2D eigenvalue weighted by Crippen LogP contribution is 2.04. The molecule has 0 saturated carbocycles. The van der Waals surface area contributed by atoms with E-state index in [-0.39, 0.29) is 6.04 Å². The molecule has 13 heavy (non-hydrogen) atoms. The van der Waals surface area contributed by atoms with Crippen LogP contribution in [0.2, 0.25) is 0 Å². The van der Waals surface area contributed by atoms with E-state index in [1.807, 2.05) is 18.3 Å². The standard InChI is InChI=1S/C11H16N2/c1-2-4-11(12)7-6-10-5-3-8-13-9-10/h2-3,5,8-9,11H,1,4,6-7,12H2. The number of nitrogens with zero attached hydrogens (tertiary/aromatic N) is 1. The number of pyridine rings is 1. The molecule has 0 aromatic carbocycles. The van der Waals surface area contributed by atoms with Gasteiger partial charge in [0.1, 0.15) is 0 Å². The van der Waals surface area contributed by atoms with Gasteiger partial charge in [-0.2, -0.15) is 0 Å². The van der Waals surface area contributed by atoms with Crippen LogP contribution in [0, 0.1) is 0 Å². The number of aryl methyl sites for hydroxylation is 1. The Bertz CT molecular complexity index is 244. The summed E-state index contributed by atoms with van der Waals surface area (Å²) in [5, 5.41) is 0. The van der Waals surface area contributed by atoms with Crippen LogP contribution in [0.1, 0.15) is 18.4 Å². The third-order valence-corrected chi connectivity index (χ3v) is 2.00. The zero-order valence-electron chi connectivity index (χ0n) is 7.82. The van der Waals surface area contributed by atoms with Gasteiger partial charge in [-0.3, -0.25) is 4.98 Å². The maximum absolute atomic E-state index is 5.84. The van der Waals surface area contributed by atoms with Crippen LogP contribution >= 0.6 is 0 Å². The minimum atomic E-state index is 0.234. The van der Waals surface area contributed by atoms with Crippen LogP contribution in [-0.2, 0) is 6.42 Å². The van der Waals surface area contributed by atoms with E-state index in [0.29, 0.717) is 0 Å². The lowest BCUT2D eigenvalue weighted by molar-refractivity contribution is 0.621. The molecule has 0 saturated heterocycles. The van der Waals surface area contributed by atoms with Crippen molar-refractivity contribution in [2.75, 3.05) is 0 Å². The summed E-state index contributed by atoms with van der Waals surface area (Å²) in [5.74, 6) is 0. The Balaban J connectivity index is 2.30. The molecule has 1 heterocycles. The van der Waals surface area contributed by atoms with Crippen LogP contribution in [0.3, 0.4) is 0 Å². The first-order valence-corrected chi connectivity index (χ1v) is 4.58. The van der Waals surface area contributed by atoms with Crippen molar-refractivity contribution in [2.24, 2.45) is 5.73 Å². The van der Waals surface area contributed by atoms with Gasteiger partial charge in [0.25, 0.3) is 0 Å². The molecule has 1 atom stereocenters. The molecule has 1 aromatic rings. The van der Waals surface area contributed by atoms with Gasteiger partial charge in [0.15, 0.2) is 0 Å². The Morgan fingerprint density at radius 2 is 2.46 bits per heavy atom. The lowest BCUT2D eigenvalue weighted by Gasteiger charge is -2.07. The van der Waals surface area contributed by atoms with Crippen LogP contribution in [0.4, 0.5) is 0 Å². The van der Waals surface area contributed by atoms with Crippen LogP contribution in [0.5, 0.6) is 0 Å². The Labute approximate surface area is 79.5 Å². The first-order valence-electron chi connectivity index (χ1n) is 4.58. The van der Waals surface area contributed by atoms with Crippen molar-refractivity contribution >= 4 is 0 Å². The summed E-state index contributed by atoms with van der Waals surface area (Å²) in [6.07, 6.45) is 8.43. The van der Waals surface area contributed by atoms with Crippen LogP contribution < -0.4 is 5.73 Å². The quantitative estimate of drug-likeness (QED) is 0.696. The molecule has 0 aliphatic rings. The highest BCUT2D eigenvalue weighted by molar-refractivity contribution is 5.08. The monoisotopic (exact) mass is 176 g/mol. The van der Waals surface area contributed by atoms with Crippen LogP contribution in [-0.4, -0.2) is 11.0 Å². The lowest BCUT2D eigenvalue weighted by Crippen LogP contribution is -2.19. The summed E-state index contributed by atoms with van der Waals surface area (Å²) >= 11 is 0. The maximum Gasteiger partial charge on any atom is 0.0299 e. The number of rotatable bonds is 5. The number of hydrogen-bond acceptors (Lipinski definition) is 2. The minimum absolute atomic E-state index is 0.234. The van der Waals surface area contributed by atoms with E-state index in [0.717, 1.165) is 19.3 Å². The molecular formula is C11H16N2. The molecule has 1 aromatic heterocycles. The fourth-order valence-electron chi connectivity index (χ4n) is 1.23. The summed E-state index contributed by atoms with van der Waals surface area (Å²) in [4.78, 5) is 4.05. The van der Waals surface area contributed by atoms with Crippen molar-refractivity contribution in [1.82, 2.24) is 4.98 Å². The fourth-order valence-corrected chi connectivity index (χ4v) is 1.23. The number of nitrogens with two attached hydrogens (primary N) is 1. The summed E-state index contributed by atoms with van der Waals surface area (Å²) in [6.45, 7) is 3.66. The highest BCUT2D eigenvalue weighted by Gasteiger charge is 2.00. The van der Waals surface area contributed by atoms with E-state index in [4.69, 9.17) is 5.73 Å². The van der Waals surface area contributed by atoms with Gasteiger partial charge in [-0.05, 0) is 30.9 Å². The van der Waals surface area contributed by atoms with Gasteiger partial charge >= 0.3 is 0 Å². The van der Waals surface area contributed by atoms with Gasteiger partial charge in [0, 0.05) is 18.4 Å². The predicted octanol–water partition coefficient (Wildman–Crippen LogP) is 1.92. The molecule has 0 fully saturated rings. The second kappa shape index (κ2) is 5.49. The Morgan fingerprint density at radius 3 is 3.08 bits per heavy atom. The first kappa shape index (κ1) is 9.93. The van der Waals surface area contributed by atoms with E-state index in [1.165, 1.54) is 5.56 Å². The number of hydrogen-bond donors (Lipinski definition) is 1. The van der Waals surface area contributed by atoms with E-state index in [9.17, 15) is 0 Å². The second-order valence-electron chi connectivity index (χ2n) is 3.18. The van der Waals surface area contributed by atoms with Crippen molar-refractivity contribution in [1.29, 1.82) is 0 Å². The fraction of sp³-hybridized carbons (Fsp3) is 0.364. The van der Waals surface area contributed by atoms with Crippen molar-refractivity contribution in [2.45, 2.75) is 25.3 Å². The van der Waals surface area contributed by atoms with Gasteiger partial charge in [-0.25, -0.2) is 0 Å². The predicted molar refractivity (Wildman–Crippen MR) is 55.3 cm³/mol. The van der Waals surface area contributed by atoms with Crippen LogP contribution in [0.25, 0.3) is 0 Å². The molecule has 2 heteroatoms. The number of aromatic nitrogens is 1. The van der Waals surface area contributed by atoms with Crippen molar-refractivity contribution in [3.8, 4) is 0 Å². The second-order valence-corrected chi connectivity index (χ2v) is 3.18. The molecule has 0 amide bonds. The molecule has 1 unspecified atom stereocenters. The minimum Gasteiger partial charge on any atom is -0.327 e. The van der Waals surface area contributed by atoms with Gasteiger partial charge < -0.3 is 5.73 Å². The molecule has 2 nitrogen and oxygen atoms in total. The lowest BCUT2D eigenvalue weighted by atomic mass is 10.1. The smallest absolute Gasteiger partial charge is 0.0299 e. The first-order chi connectivity index (χ1) is 6.33. The van der Waals surface area contributed by atoms with Crippen LogP contribution in [0.15, 0.2) is 37.2 Å². The maximum atomic E-state index is 5.84. The Kier molecular flexibility index (Phi) is 4.19. The highest BCUT2D eigenvalue weighted by atomic mass is 14.6. The molecule has 0 spiro atoms. The molecule has 0 bridgehead atoms. The third-order valence-electron chi connectivity index (χ3n) is 2.00. The molecule has 1 rings (SSSR count). The largest absolute Gasteiger partial charge is 0.327 e. The Morgan fingerprint density at radius 1 is 1.62 bits per heavy atom. The molecule has 0 radical (unpaired) electrons. The Hall–Kier alpha value is -1.15. The average Bonchev–Trinajstić information content (AvgIpc) is 2.17. The summed E-state index contributed by atoms with van der Waals surface area (Å²) < 4.78 is 0. The van der Waals surface area contributed by atoms with Gasteiger partial charge in [0.2, 0.25) is 0 Å². The topological polar surface area (TPSA) is 38.9 Å². The molecule has 2 N–H and O–H groups in total. The summed E-state index contributed by atoms with van der Waals surface area (Å²) in [5.41, 5.74) is 7.09. The summed E-state index contributed by atoms with van der Waals surface area (Å²) in [7, 11) is 0. The van der Waals surface area contributed by atoms with E-state index in [2.05, 4.69) is 17.6 Å². The van der Waals surface area contributed by atoms with Crippen molar-refractivity contribution in [3.63, 3.8) is 0 Å².